The van der Waals surface area contributed by atoms with Crippen LogP contribution in [0.3, 0.4) is 0 Å². The molecule has 8 heteroatoms. The van der Waals surface area contributed by atoms with Gasteiger partial charge in [0.25, 0.3) is 0 Å². The summed E-state index contributed by atoms with van der Waals surface area (Å²) in [5.41, 5.74) is 4.18. The van der Waals surface area contributed by atoms with Crippen molar-refractivity contribution < 1.29 is 8.42 Å². The highest BCUT2D eigenvalue weighted by molar-refractivity contribution is 9.10. The second-order valence-corrected chi connectivity index (χ2v) is 13.1. The van der Waals surface area contributed by atoms with Gasteiger partial charge in [-0.25, -0.2) is 17.7 Å². The second kappa shape index (κ2) is 9.50. The molecular weight excluding hydrogens is 554 g/mol. The summed E-state index contributed by atoms with van der Waals surface area (Å²) < 4.78 is 31.5. The molecule has 5 aromatic rings. The molecule has 5 nitrogen and oxygen atoms in total. The van der Waals surface area contributed by atoms with Crippen molar-refractivity contribution in [1.29, 1.82) is 0 Å². The maximum Gasteiger partial charge on any atom is 0.236 e. The minimum atomic E-state index is -3.59. The van der Waals surface area contributed by atoms with Gasteiger partial charge in [-0.2, -0.15) is 0 Å². The number of hydrogen-bond donors (Lipinski definition) is 0. The van der Waals surface area contributed by atoms with Crippen molar-refractivity contribution in [3.63, 3.8) is 0 Å². The average molecular weight is 581 g/mol. The van der Waals surface area contributed by atoms with E-state index >= 15 is 0 Å². The lowest BCUT2D eigenvalue weighted by molar-refractivity contribution is 0.601. The van der Waals surface area contributed by atoms with E-state index in [2.05, 4.69) is 65.1 Å². The fourth-order valence-electron chi connectivity index (χ4n) is 4.48. The van der Waals surface area contributed by atoms with Crippen LogP contribution in [0.25, 0.3) is 10.1 Å². The standard InChI is InChI=1S/C28H26BrN3O2S2/c1-28(2,22-6-4-5-20(13-22)18-31-11-10-30-19-31)23-15-24(29)17-26(16-23)32(36(3,33)34)25-7-8-27-21(14-25)9-12-35-27/h4-17,19H,18H2,1-3H3. The molecule has 0 aliphatic heterocycles. The van der Waals surface area contributed by atoms with Crippen molar-refractivity contribution in [2.75, 3.05) is 10.6 Å². The monoisotopic (exact) mass is 579 g/mol. The number of imidazole rings is 1. The van der Waals surface area contributed by atoms with Gasteiger partial charge >= 0.3 is 0 Å². The van der Waals surface area contributed by atoms with Crippen LogP contribution in [0.5, 0.6) is 0 Å². The fraction of sp³-hybridized carbons (Fsp3) is 0.179. The third kappa shape index (κ3) is 4.98. The Labute approximate surface area is 224 Å². The molecule has 0 aliphatic carbocycles. The third-order valence-corrected chi connectivity index (χ3v) is 8.85. The van der Waals surface area contributed by atoms with Crippen molar-refractivity contribution in [3.8, 4) is 0 Å². The number of aromatic nitrogens is 2. The quantitative estimate of drug-likeness (QED) is 0.203. The van der Waals surface area contributed by atoms with E-state index < -0.39 is 10.0 Å². The molecule has 0 amide bonds. The number of fused-ring (bicyclic) bond motifs is 1. The number of rotatable bonds is 7. The minimum absolute atomic E-state index is 0.371. The van der Waals surface area contributed by atoms with E-state index in [9.17, 15) is 8.42 Å². The van der Waals surface area contributed by atoms with E-state index in [0.717, 1.165) is 32.2 Å². The van der Waals surface area contributed by atoms with Crippen molar-refractivity contribution in [3.05, 3.63) is 112 Å². The van der Waals surface area contributed by atoms with Gasteiger partial charge in [-0.3, -0.25) is 0 Å². The normalized spacial score (nSPS) is 12.2. The molecule has 0 spiro atoms. The predicted molar refractivity (Wildman–Crippen MR) is 153 cm³/mol. The molecule has 0 atom stereocenters. The van der Waals surface area contributed by atoms with Crippen LogP contribution in [0, 0.1) is 0 Å². The van der Waals surface area contributed by atoms with Crippen molar-refractivity contribution in [2.45, 2.75) is 25.8 Å². The fourth-order valence-corrected chi connectivity index (χ4v) is 6.72. The van der Waals surface area contributed by atoms with Gasteiger partial charge in [-0.05, 0) is 69.9 Å². The second-order valence-electron chi connectivity index (χ2n) is 9.43. The largest absolute Gasteiger partial charge is 0.333 e. The average Bonchev–Trinajstić information content (AvgIpc) is 3.50. The van der Waals surface area contributed by atoms with Gasteiger partial charge in [0, 0.05) is 33.5 Å². The molecule has 0 saturated heterocycles. The highest BCUT2D eigenvalue weighted by atomic mass is 79.9. The molecule has 36 heavy (non-hydrogen) atoms. The number of benzene rings is 3. The highest BCUT2D eigenvalue weighted by Gasteiger charge is 2.27. The van der Waals surface area contributed by atoms with Gasteiger partial charge in [-0.15, -0.1) is 11.3 Å². The molecule has 0 aliphatic rings. The van der Waals surface area contributed by atoms with Gasteiger partial charge in [0.05, 0.1) is 24.0 Å². The lowest BCUT2D eigenvalue weighted by atomic mass is 9.77. The van der Waals surface area contributed by atoms with Crippen LogP contribution in [-0.4, -0.2) is 24.2 Å². The number of thiophene rings is 1. The molecule has 2 heterocycles. The molecule has 0 N–H and O–H groups in total. The summed E-state index contributed by atoms with van der Waals surface area (Å²) in [6.45, 7) is 5.06. The van der Waals surface area contributed by atoms with Crippen LogP contribution in [0.4, 0.5) is 11.4 Å². The van der Waals surface area contributed by atoms with E-state index in [-0.39, 0.29) is 5.41 Å². The summed E-state index contributed by atoms with van der Waals surface area (Å²) in [6, 6.07) is 22.2. The maximum absolute atomic E-state index is 13.1. The topological polar surface area (TPSA) is 55.2 Å². The van der Waals surface area contributed by atoms with Gasteiger partial charge in [0.1, 0.15) is 0 Å². The number of anilines is 2. The molecule has 0 bridgehead atoms. The first-order valence-electron chi connectivity index (χ1n) is 11.4. The minimum Gasteiger partial charge on any atom is -0.333 e. The van der Waals surface area contributed by atoms with Crippen LogP contribution >= 0.6 is 27.3 Å². The first kappa shape index (κ1) is 24.7. The molecule has 0 fully saturated rings. The molecule has 2 aromatic heterocycles. The Balaban J connectivity index is 1.57. The third-order valence-electron chi connectivity index (χ3n) is 6.41. The van der Waals surface area contributed by atoms with Crippen molar-refractivity contribution >= 4 is 58.8 Å². The van der Waals surface area contributed by atoms with E-state index in [1.165, 1.54) is 16.1 Å². The zero-order valence-corrected chi connectivity index (χ0v) is 23.4. The molecule has 0 saturated carbocycles. The SMILES string of the molecule is CC(C)(c1cccc(Cn2ccnc2)c1)c1cc(Br)cc(N(c2ccc3sccc3c2)S(C)(=O)=O)c1. The zero-order chi connectivity index (χ0) is 25.5. The van der Waals surface area contributed by atoms with Crippen LogP contribution in [0.15, 0.2) is 95.3 Å². The van der Waals surface area contributed by atoms with Crippen LogP contribution in [0.2, 0.25) is 0 Å². The molecule has 0 radical (unpaired) electrons. The summed E-state index contributed by atoms with van der Waals surface area (Å²) in [7, 11) is -3.59. The van der Waals surface area contributed by atoms with E-state index in [1.54, 1.807) is 17.5 Å². The Hall–Kier alpha value is -2.94. The first-order valence-corrected chi connectivity index (χ1v) is 15.0. The zero-order valence-electron chi connectivity index (χ0n) is 20.2. The lowest BCUT2D eigenvalue weighted by Gasteiger charge is -2.30. The summed E-state index contributed by atoms with van der Waals surface area (Å²) in [4.78, 5) is 4.14. The number of sulfonamides is 1. The van der Waals surface area contributed by atoms with Gasteiger partial charge in [-0.1, -0.05) is 54.0 Å². The number of hydrogen-bond acceptors (Lipinski definition) is 4. The first-order chi connectivity index (χ1) is 17.1. The molecular formula is C28H26BrN3O2S2. The van der Waals surface area contributed by atoms with Crippen LogP contribution in [0.1, 0.15) is 30.5 Å². The predicted octanol–water partition coefficient (Wildman–Crippen LogP) is 7.33. The molecule has 5 rings (SSSR count). The Morgan fingerprint density at radius 3 is 2.58 bits per heavy atom. The Kier molecular flexibility index (Phi) is 6.53. The van der Waals surface area contributed by atoms with Gasteiger partial charge < -0.3 is 4.57 Å². The van der Waals surface area contributed by atoms with Crippen molar-refractivity contribution in [1.82, 2.24) is 9.55 Å². The number of halogens is 1. The summed E-state index contributed by atoms with van der Waals surface area (Å²) >= 11 is 5.28. The summed E-state index contributed by atoms with van der Waals surface area (Å²) in [6.07, 6.45) is 6.79. The molecule has 0 unspecified atom stereocenters. The smallest absolute Gasteiger partial charge is 0.236 e. The van der Waals surface area contributed by atoms with E-state index in [4.69, 9.17) is 0 Å². The Morgan fingerprint density at radius 1 is 1.00 bits per heavy atom. The van der Waals surface area contributed by atoms with Crippen LogP contribution in [-0.2, 0) is 22.0 Å². The van der Waals surface area contributed by atoms with E-state index in [0.29, 0.717) is 11.4 Å². The van der Waals surface area contributed by atoms with Gasteiger partial charge in [0.15, 0.2) is 0 Å². The lowest BCUT2D eigenvalue weighted by Crippen LogP contribution is -2.26. The molecule has 184 valence electrons. The highest BCUT2D eigenvalue weighted by Crippen LogP contribution is 2.39. The van der Waals surface area contributed by atoms with Crippen LogP contribution < -0.4 is 4.31 Å². The van der Waals surface area contributed by atoms with Gasteiger partial charge in [0.2, 0.25) is 10.0 Å². The Morgan fingerprint density at radius 2 is 1.83 bits per heavy atom. The van der Waals surface area contributed by atoms with Crippen molar-refractivity contribution in [2.24, 2.45) is 0 Å². The molecule has 3 aromatic carbocycles. The Bertz CT molecular complexity index is 1640. The maximum atomic E-state index is 13.1. The van der Waals surface area contributed by atoms with E-state index in [1.807, 2.05) is 58.9 Å². The summed E-state index contributed by atoms with van der Waals surface area (Å²) in [5.74, 6) is 0. The summed E-state index contributed by atoms with van der Waals surface area (Å²) in [5, 5.41) is 3.04. The number of nitrogens with zero attached hydrogens (tertiary/aromatic N) is 3.